The van der Waals surface area contributed by atoms with Crippen LogP contribution in [0.1, 0.15) is 13.3 Å². The maximum absolute atomic E-state index is 11.6. The zero-order valence-electron chi connectivity index (χ0n) is 10.7. The Labute approximate surface area is 102 Å². The van der Waals surface area contributed by atoms with Crippen molar-refractivity contribution in [3.8, 4) is 0 Å². The molecule has 2 N–H and O–H groups in total. The average Bonchev–Trinajstić information content (AvgIpc) is 2.29. The lowest BCUT2D eigenvalue weighted by molar-refractivity contribution is -0.115. The number of anilines is 2. The molecule has 94 valence electrons. The highest BCUT2D eigenvalue weighted by Crippen LogP contribution is 2.19. The van der Waals surface area contributed by atoms with E-state index in [0.29, 0.717) is 6.54 Å². The first-order valence-electron chi connectivity index (χ1n) is 5.78. The molecule has 0 saturated carbocycles. The molecule has 0 saturated heterocycles. The van der Waals surface area contributed by atoms with Gasteiger partial charge < -0.3 is 15.5 Å². The predicted octanol–water partition coefficient (Wildman–Crippen LogP) is 1.09. The summed E-state index contributed by atoms with van der Waals surface area (Å²) in [4.78, 5) is 17.7. The SMILES string of the molecule is CCCNCC(=O)Nc1cccnc1N(C)C. The monoisotopic (exact) mass is 236 g/mol. The van der Waals surface area contributed by atoms with Gasteiger partial charge in [-0.1, -0.05) is 6.92 Å². The van der Waals surface area contributed by atoms with Crippen LogP contribution in [0.4, 0.5) is 11.5 Å². The van der Waals surface area contributed by atoms with Crippen LogP contribution in [0.5, 0.6) is 0 Å². The van der Waals surface area contributed by atoms with Crippen LogP contribution in [-0.4, -0.2) is 38.1 Å². The van der Waals surface area contributed by atoms with Gasteiger partial charge in [-0.2, -0.15) is 0 Å². The molecular weight excluding hydrogens is 216 g/mol. The summed E-state index contributed by atoms with van der Waals surface area (Å²) < 4.78 is 0. The van der Waals surface area contributed by atoms with Gasteiger partial charge in [0.15, 0.2) is 5.82 Å². The molecule has 0 aliphatic carbocycles. The minimum Gasteiger partial charge on any atom is -0.361 e. The van der Waals surface area contributed by atoms with Crippen LogP contribution in [-0.2, 0) is 4.79 Å². The topological polar surface area (TPSA) is 57.3 Å². The van der Waals surface area contributed by atoms with Gasteiger partial charge in [-0.05, 0) is 25.1 Å². The molecule has 0 unspecified atom stereocenters. The third-order valence-electron chi connectivity index (χ3n) is 2.20. The predicted molar refractivity (Wildman–Crippen MR) is 70.4 cm³/mol. The summed E-state index contributed by atoms with van der Waals surface area (Å²) in [5.74, 6) is 0.714. The van der Waals surface area contributed by atoms with Crippen molar-refractivity contribution in [2.24, 2.45) is 0 Å². The summed E-state index contributed by atoms with van der Waals surface area (Å²) in [5, 5.41) is 5.90. The van der Waals surface area contributed by atoms with Crippen molar-refractivity contribution in [3.05, 3.63) is 18.3 Å². The van der Waals surface area contributed by atoms with Crippen LogP contribution in [0.25, 0.3) is 0 Å². The van der Waals surface area contributed by atoms with Crippen molar-refractivity contribution >= 4 is 17.4 Å². The fraction of sp³-hybridized carbons (Fsp3) is 0.500. The summed E-state index contributed by atoms with van der Waals surface area (Å²) >= 11 is 0. The van der Waals surface area contributed by atoms with Crippen LogP contribution < -0.4 is 15.5 Å². The van der Waals surface area contributed by atoms with Gasteiger partial charge >= 0.3 is 0 Å². The lowest BCUT2D eigenvalue weighted by Crippen LogP contribution is -2.29. The Bertz CT molecular complexity index is 365. The average molecular weight is 236 g/mol. The van der Waals surface area contributed by atoms with Gasteiger partial charge in [0, 0.05) is 20.3 Å². The first kappa shape index (κ1) is 13.4. The number of carbonyl (C=O) groups is 1. The molecule has 0 radical (unpaired) electrons. The molecule has 0 bridgehead atoms. The van der Waals surface area contributed by atoms with Gasteiger partial charge in [0.25, 0.3) is 0 Å². The summed E-state index contributed by atoms with van der Waals surface area (Å²) in [5.41, 5.74) is 0.737. The van der Waals surface area contributed by atoms with Crippen molar-refractivity contribution in [3.63, 3.8) is 0 Å². The van der Waals surface area contributed by atoms with Crippen molar-refractivity contribution in [1.29, 1.82) is 0 Å². The standard InChI is InChI=1S/C12H20N4O/c1-4-7-13-9-11(17)15-10-6-5-8-14-12(10)16(2)3/h5-6,8,13H,4,7,9H2,1-3H3,(H,15,17). The van der Waals surface area contributed by atoms with Crippen LogP contribution in [0.3, 0.4) is 0 Å². The first-order valence-corrected chi connectivity index (χ1v) is 5.78. The fourth-order valence-electron chi connectivity index (χ4n) is 1.42. The molecule has 1 aromatic rings. The minimum atomic E-state index is -0.0467. The van der Waals surface area contributed by atoms with E-state index in [0.717, 1.165) is 24.5 Å². The number of amides is 1. The molecule has 0 aliphatic heterocycles. The fourth-order valence-corrected chi connectivity index (χ4v) is 1.42. The van der Waals surface area contributed by atoms with Crippen molar-refractivity contribution in [1.82, 2.24) is 10.3 Å². The van der Waals surface area contributed by atoms with Gasteiger partial charge in [-0.15, -0.1) is 0 Å². The third kappa shape index (κ3) is 4.40. The van der Waals surface area contributed by atoms with E-state index in [4.69, 9.17) is 0 Å². The Morgan fingerprint density at radius 2 is 2.24 bits per heavy atom. The molecule has 0 atom stereocenters. The highest BCUT2D eigenvalue weighted by molar-refractivity contribution is 5.94. The third-order valence-corrected chi connectivity index (χ3v) is 2.20. The quantitative estimate of drug-likeness (QED) is 0.726. The summed E-state index contributed by atoms with van der Waals surface area (Å²) in [6.07, 6.45) is 2.73. The molecule has 0 spiro atoms. The second-order valence-electron chi connectivity index (χ2n) is 3.99. The zero-order chi connectivity index (χ0) is 12.7. The van der Waals surface area contributed by atoms with E-state index in [1.165, 1.54) is 0 Å². The van der Waals surface area contributed by atoms with Crippen LogP contribution >= 0.6 is 0 Å². The van der Waals surface area contributed by atoms with Crippen LogP contribution in [0.15, 0.2) is 18.3 Å². The van der Waals surface area contributed by atoms with Gasteiger partial charge in [0.2, 0.25) is 5.91 Å². The first-order chi connectivity index (χ1) is 8.15. The number of aromatic nitrogens is 1. The van der Waals surface area contributed by atoms with E-state index in [1.54, 1.807) is 6.20 Å². The van der Waals surface area contributed by atoms with Gasteiger partial charge in [0.1, 0.15) is 0 Å². The second kappa shape index (κ2) is 6.85. The largest absolute Gasteiger partial charge is 0.361 e. The molecule has 0 aromatic carbocycles. The normalized spacial score (nSPS) is 10.1. The molecular formula is C12H20N4O. The molecule has 1 heterocycles. The summed E-state index contributed by atoms with van der Waals surface area (Å²) in [6, 6.07) is 3.65. The maximum Gasteiger partial charge on any atom is 0.238 e. The molecule has 17 heavy (non-hydrogen) atoms. The smallest absolute Gasteiger partial charge is 0.238 e. The lowest BCUT2D eigenvalue weighted by atomic mass is 10.3. The molecule has 1 rings (SSSR count). The van der Waals surface area contributed by atoms with Gasteiger partial charge in [0.05, 0.1) is 12.2 Å². The highest BCUT2D eigenvalue weighted by Gasteiger charge is 2.08. The Kier molecular flexibility index (Phi) is 5.42. The number of carbonyl (C=O) groups excluding carboxylic acids is 1. The van der Waals surface area contributed by atoms with Crippen molar-refractivity contribution in [2.75, 3.05) is 37.4 Å². The number of hydrogen-bond acceptors (Lipinski definition) is 4. The number of rotatable bonds is 6. The molecule has 0 aliphatic rings. The number of hydrogen-bond donors (Lipinski definition) is 2. The number of pyridine rings is 1. The van der Waals surface area contributed by atoms with Gasteiger partial charge in [-0.25, -0.2) is 4.98 Å². The van der Waals surface area contributed by atoms with E-state index in [9.17, 15) is 4.79 Å². The van der Waals surface area contributed by atoms with Crippen molar-refractivity contribution in [2.45, 2.75) is 13.3 Å². The summed E-state index contributed by atoms with van der Waals surface area (Å²) in [6.45, 7) is 3.24. The van der Waals surface area contributed by atoms with Crippen LogP contribution in [0.2, 0.25) is 0 Å². The zero-order valence-corrected chi connectivity index (χ0v) is 10.7. The Morgan fingerprint density at radius 3 is 2.88 bits per heavy atom. The summed E-state index contributed by atoms with van der Waals surface area (Å²) in [7, 11) is 3.79. The minimum absolute atomic E-state index is 0.0467. The number of nitrogens with zero attached hydrogens (tertiary/aromatic N) is 2. The molecule has 5 nitrogen and oxygen atoms in total. The Balaban J connectivity index is 2.58. The highest BCUT2D eigenvalue weighted by atomic mass is 16.1. The van der Waals surface area contributed by atoms with E-state index in [-0.39, 0.29) is 5.91 Å². The molecule has 1 aromatic heterocycles. The molecule has 1 amide bonds. The lowest BCUT2D eigenvalue weighted by Gasteiger charge is -2.16. The van der Waals surface area contributed by atoms with E-state index >= 15 is 0 Å². The van der Waals surface area contributed by atoms with E-state index in [2.05, 4.69) is 22.5 Å². The molecule has 0 fully saturated rings. The number of nitrogens with one attached hydrogen (secondary N) is 2. The second-order valence-corrected chi connectivity index (χ2v) is 3.99. The Hall–Kier alpha value is -1.62. The van der Waals surface area contributed by atoms with Crippen molar-refractivity contribution < 1.29 is 4.79 Å². The van der Waals surface area contributed by atoms with E-state index in [1.807, 2.05) is 31.1 Å². The maximum atomic E-state index is 11.6. The van der Waals surface area contributed by atoms with Crippen LogP contribution in [0, 0.1) is 0 Å². The van der Waals surface area contributed by atoms with E-state index < -0.39 is 0 Å². The van der Waals surface area contributed by atoms with Gasteiger partial charge in [-0.3, -0.25) is 4.79 Å². The Morgan fingerprint density at radius 1 is 1.47 bits per heavy atom. The molecule has 5 heteroatoms.